The van der Waals surface area contributed by atoms with Crippen LogP contribution < -0.4 is 0 Å². The van der Waals surface area contributed by atoms with E-state index in [4.69, 9.17) is 27.7 Å². The minimum Gasteiger partial charge on any atom is -0.394 e. The first-order valence-corrected chi connectivity index (χ1v) is 9.56. The summed E-state index contributed by atoms with van der Waals surface area (Å²) in [4.78, 5) is 0. The highest BCUT2D eigenvalue weighted by Crippen LogP contribution is 2.51. The second-order valence-electron chi connectivity index (χ2n) is 6.00. The first-order chi connectivity index (χ1) is 11.3. The quantitative estimate of drug-likeness (QED) is 0.533. The molecule has 9 nitrogen and oxygen atoms in total. The second kappa shape index (κ2) is 7.92. The third-order valence-corrected chi connectivity index (χ3v) is 5.00. The molecule has 0 aromatic rings. The molecule has 0 saturated carbocycles. The molecule has 2 rings (SSSR count). The number of hydrogen-bond acceptors (Lipinski definition) is 9. The summed E-state index contributed by atoms with van der Waals surface area (Å²) < 4.78 is 48.5. The molecule has 2 saturated heterocycles. The zero-order valence-electron chi connectivity index (χ0n) is 14.0. The highest BCUT2D eigenvalue weighted by atomic mass is 32.3. The topological polar surface area (TPSA) is 121 Å². The summed E-state index contributed by atoms with van der Waals surface area (Å²) in [6.45, 7) is 3.90. The van der Waals surface area contributed by atoms with Crippen LogP contribution in [-0.4, -0.2) is 56.5 Å². The Labute approximate surface area is 142 Å². The third-order valence-electron chi connectivity index (χ3n) is 4.10. The maximum Gasteiger partial charge on any atom is 0.407 e. The minimum absolute atomic E-state index is 0.00689. The van der Waals surface area contributed by atoms with E-state index >= 15 is 0 Å². The van der Waals surface area contributed by atoms with Crippen LogP contribution in [0.15, 0.2) is 0 Å². The van der Waals surface area contributed by atoms with E-state index in [0.717, 1.165) is 25.7 Å². The van der Waals surface area contributed by atoms with Gasteiger partial charge in [0.15, 0.2) is 6.29 Å². The van der Waals surface area contributed by atoms with E-state index in [1.54, 1.807) is 0 Å². The summed E-state index contributed by atoms with van der Waals surface area (Å²) in [6, 6.07) is 0. The monoisotopic (exact) mass is 370 g/mol. The van der Waals surface area contributed by atoms with Crippen LogP contribution in [0.3, 0.4) is 0 Å². The number of aliphatic hydroxyl groups is 2. The molecule has 24 heavy (non-hydrogen) atoms. The van der Waals surface area contributed by atoms with Gasteiger partial charge in [0.25, 0.3) is 5.79 Å². The van der Waals surface area contributed by atoms with Gasteiger partial charge in [-0.2, -0.15) is 12.6 Å². The summed E-state index contributed by atoms with van der Waals surface area (Å²) in [6.07, 6.45) is 2.60. The molecule has 0 aliphatic carbocycles. The van der Waals surface area contributed by atoms with Gasteiger partial charge < -0.3 is 14.9 Å². The molecule has 0 aromatic carbocycles. The summed E-state index contributed by atoms with van der Waals surface area (Å²) in [7, 11) is -4.43. The Morgan fingerprint density at radius 1 is 1.25 bits per heavy atom. The van der Waals surface area contributed by atoms with Crippen molar-refractivity contribution in [2.24, 2.45) is 5.92 Å². The largest absolute Gasteiger partial charge is 0.407 e. The number of aliphatic hydroxyl groups excluding tert-OH is 1. The molecule has 142 valence electrons. The van der Waals surface area contributed by atoms with Gasteiger partial charge in [-0.3, -0.25) is 9.47 Å². The highest BCUT2D eigenvalue weighted by Gasteiger charge is 2.73. The lowest BCUT2D eigenvalue weighted by molar-refractivity contribution is -0.569. The summed E-state index contributed by atoms with van der Waals surface area (Å²) in [5, 5.41) is 19.4. The van der Waals surface area contributed by atoms with E-state index in [1.807, 2.05) is 6.92 Å². The van der Waals surface area contributed by atoms with Crippen LogP contribution in [0.25, 0.3) is 0 Å². The van der Waals surface area contributed by atoms with Crippen molar-refractivity contribution in [3.63, 3.8) is 0 Å². The standard InChI is InChI=1S/C14H26O9S/c1-3-5-6-11(4-2)9-13(16)14(23-24(17,18)22-13)20-12(21-14)10-19-8-7-15/h11-12,15-16H,3-10H2,1-2H3. The molecular weight excluding hydrogens is 344 g/mol. The molecule has 2 heterocycles. The first-order valence-electron chi connectivity index (χ1n) is 8.22. The van der Waals surface area contributed by atoms with E-state index < -0.39 is 28.4 Å². The van der Waals surface area contributed by atoms with Gasteiger partial charge in [0.1, 0.15) is 0 Å². The molecule has 10 heteroatoms. The van der Waals surface area contributed by atoms with Gasteiger partial charge in [-0.15, -0.1) is 0 Å². The molecule has 1 spiro atoms. The van der Waals surface area contributed by atoms with Crippen molar-refractivity contribution < 1.29 is 41.2 Å². The Hall–Kier alpha value is -0.330. The van der Waals surface area contributed by atoms with E-state index in [0.29, 0.717) is 0 Å². The average molecular weight is 370 g/mol. The molecule has 2 atom stereocenters. The molecule has 0 aromatic heterocycles. The molecule has 2 fully saturated rings. The lowest BCUT2D eigenvalue weighted by atomic mass is 9.90. The number of unbranched alkanes of at least 4 members (excludes halogenated alkanes) is 1. The van der Waals surface area contributed by atoms with Crippen molar-refractivity contribution >= 4 is 10.4 Å². The van der Waals surface area contributed by atoms with Crippen molar-refractivity contribution in [2.45, 2.75) is 64.0 Å². The third kappa shape index (κ3) is 4.25. The van der Waals surface area contributed by atoms with Crippen LogP contribution in [0.4, 0.5) is 0 Å². The summed E-state index contributed by atoms with van der Waals surface area (Å²) >= 11 is 0. The van der Waals surface area contributed by atoms with Crippen LogP contribution >= 0.6 is 0 Å². The van der Waals surface area contributed by atoms with Crippen LogP contribution in [-0.2, 0) is 33.0 Å². The van der Waals surface area contributed by atoms with Crippen LogP contribution in [0.2, 0.25) is 0 Å². The normalized spacial score (nSPS) is 35.9. The molecule has 0 amide bonds. The molecular formula is C14H26O9S. The van der Waals surface area contributed by atoms with Gasteiger partial charge in [-0.1, -0.05) is 39.5 Å². The molecule has 2 N–H and O–H groups in total. The number of ether oxygens (including phenoxy) is 3. The second-order valence-corrected chi connectivity index (χ2v) is 7.15. The van der Waals surface area contributed by atoms with Gasteiger partial charge in [-0.05, 0) is 5.92 Å². The Bertz CT molecular complexity index is 502. The van der Waals surface area contributed by atoms with Gasteiger partial charge >= 0.3 is 16.4 Å². The Morgan fingerprint density at radius 2 is 1.96 bits per heavy atom. The average Bonchev–Trinajstić information content (AvgIpc) is 2.69. The summed E-state index contributed by atoms with van der Waals surface area (Å²) in [5.41, 5.74) is 0. The molecule has 0 bridgehead atoms. The number of rotatable bonds is 10. The maximum atomic E-state index is 11.7. The molecule has 2 unspecified atom stereocenters. The summed E-state index contributed by atoms with van der Waals surface area (Å²) in [5.74, 6) is -4.41. The Balaban J connectivity index is 2.03. The minimum atomic E-state index is -4.43. The zero-order valence-corrected chi connectivity index (χ0v) is 14.8. The number of hydrogen-bond donors (Lipinski definition) is 2. The van der Waals surface area contributed by atoms with Crippen LogP contribution in [0.1, 0.15) is 46.0 Å². The lowest BCUT2D eigenvalue weighted by Crippen LogP contribution is -2.67. The van der Waals surface area contributed by atoms with Gasteiger partial charge in [0.05, 0.1) is 19.8 Å². The van der Waals surface area contributed by atoms with Crippen molar-refractivity contribution in [1.29, 1.82) is 0 Å². The van der Waals surface area contributed by atoms with Crippen LogP contribution in [0.5, 0.6) is 0 Å². The Morgan fingerprint density at radius 3 is 2.54 bits per heavy atom. The molecule has 0 radical (unpaired) electrons. The van der Waals surface area contributed by atoms with Crippen molar-refractivity contribution in [1.82, 2.24) is 0 Å². The highest BCUT2D eigenvalue weighted by molar-refractivity contribution is 7.82. The predicted molar refractivity (Wildman–Crippen MR) is 80.6 cm³/mol. The predicted octanol–water partition coefficient (Wildman–Crippen LogP) is 0.609. The van der Waals surface area contributed by atoms with Gasteiger partial charge in [0.2, 0.25) is 0 Å². The SMILES string of the molecule is CCCCC(CC)CC1(O)OS(=O)(=O)OC12OC(COCCO)O2. The molecule has 2 aliphatic heterocycles. The maximum absolute atomic E-state index is 11.7. The van der Waals surface area contributed by atoms with Crippen LogP contribution in [0, 0.1) is 5.92 Å². The Kier molecular flexibility index (Phi) is 6.59. The van der Waals surface area contributed by atoms with E-state index in [2.05, 4.69) is 6.92 Å². The smallest absolute Gasteiger partial charge is 0.394 e. The van der Waals surface area contributed by atoms with Gasteiger partial charge in [-0.25, -0.2) is 4.18 Å². The fourth-order valence-electron chi connectivity index (χ4n) is 2.82. The zero-order chi connectivity index (χ0) is 17.8. The fraction of sp³-hybridized carbons (Fsp3) is 1.00. The van der Waals surface area contributed by atoms with Gasteiger partial charge in [0, 0.05) is 6.42 Å². The van der Waals surface area contributed by atoms with Crippen molar-refractivity contribution in [3.8, 4) is 0 Å². The van der Waals surface area contributed by atoms with E-state index in [1.165, 1.54) is 0 Å². The first kappa shape index (κ1) is 20.0. The lowest BCUT2D eigenvalue weighted by Gasteiger charge is -2.47. The molecule has 2 aliphatic rings. The van der Waals surface area contributed by atoms with Crippen molar-refractivity contribution in [3.05, 3.63) is 0 Å². The fourth-order valence-corrected chi connectivity index (χ4v) is 3.84. The van der Waals surface area contributed by atoms with Crippen molar-refractivity contribution in [2.75, 3.05) is 19.8 Å². The van der Waals surface area contributed by atoms with E-state index in [-0.39, 0.29) is 32.2 Å². The van der Waals surface area contributed by atoms with E-state index in [9.17, 15) is 13.5 Å².